The van der Waals surface area contributed by atoms with Gasteiger partial charge in [0.05, 0.1) is 21.3 Å². The number of aromatic nitrogens is 3. The average molecular weight is 521 g/mol. The highest BCUT2D eigenvalue weighted by Crippen LogP contribution is 2.33. The molecule has 0 amide bonds. The van der Waals surface area contributed by atoms with Crippen molar-refractivity contribution in [3.63, 3.8) is 0 Å². The van der Waals surface area contributed by atoms with Crippen LogP contribution in [0.2, 0.25) is 10.0 Å². The summed E-state index contributed by atoms with van der Waals surface area (Å²) in [5, 5.41) is 9.56. The largest absolute Gasteiger partial charge is 0.486 e. The number of fused-ring (bicyclic) bond motifs is 1. The molecule has 1 saturated heterocycles. The highest BCUT2D eigenvalue weighted by Gasteiger charge is 2.16. The van der Waals surface area contributed by atoms with Crippen LogP contribution >= 0.6 is 23.2 Å². The van der Waals surface area contributed by atoms with E-state index in [0.29, 0.717) is 15.8 Å². The van der Waals surface area contributed by atoms with Crippen LogP contribution in [0.15, 0.2) is 54.9 Å². The summed E-state index contributed by atoms with van der Waals surface area (Å²) < 4.78 is 6.17. The van der Waals surface area contributed by atoms with Crippen molar-refractivity contribution in [3.8, 4) is 5.75 Å². The number of nitrogens with zero attached hydrogens (tertiary/aromatic N) is 3. The molecule has 186 valence electrons. The standard InChI is InChI=1S/C29H30Cl2N4O/c1-20(29-25(30)17-32-18-26(29)31)36-23-11-13-28-24(16-23)27(33-34-28)12-10-21-6-8-22(9-7-21)19-35-14-4-2-3-5-15-35/h6-13,16-18,20H,2-5,14-15,19H2,1H3,(H,33,34)/b12-10+. The first-order valence-corrected chi connectivity index (χ1v) is 13.3. The molecule has 2 aromatic carbocycles. The maximum absolute atomic E-state index is 6.30. The zero-order chi connectivity index (χ0) is 24.9. The lowest BCUT2D eigenvalue weighted by atomic mass is 10.1. The number of halogens is 2. The second-order valence-corrected chi connectivity index (χ2v) is 10.2. The van der Waals surface area contributed by atoms with E-state index in [9.17, 15) is 0 Å². The third-order valence-electron chi connectivity index (χ3n) is 6.69. The van der Waals surface area contributed by atoms with E-state index in [0.717, 1.165) is 34.3 Å². The van der Waals surface area contributed by atoms with Crippen LogP contribution in [0.3, 0.4) is 0 Å². The molecule has 1 atom stereocenters. The van der Waals surface area contributed by atoms with Crippen molar-refractivity contribution >= 4 is 46.3 Å². The molecule has 0 spiro atoms. The minimum atomic E-state index is -0.329. The van der Waals surface area contributed by atoms with Gasteiger partial charge in [-0.15, -0.1) is 0 Å². The molecule has 7 heteroatoms. The molecular weight excluding hydrogens is 491 g/mol. The van der Waals surface area contributed by atoms with E-state index >= 15 is 0 Å². The highest BCUT2D eigenvalue weighted by atomic mass is 35.5. The molecule has 36 heavy (non-hydrogen) atoms. The number of hydrogen-bond acceptors (Lipinski definition) is 4. The van der Waals surface area contributed by atoms with Crippen molar-refractivity contribution in [2.45, 2.75) is 45.3 Å². The number of pyridine rings is 1. The fraction of sp³-hybridized carbons (Fsp3) is 0.310. The Morgan fingerprint density at radius 1 is 0.972 bits per heavy atom. The second-order valence-electron chi connectivity index (χ2n) is 9.36. The maximum atomic E-state index is 6.30. The Morgan fingerprint density at radius 3 is 2.42 bits per heavy atom. The van der Waals surface area contributed by atoms with Gasteiger partial charge >= 0.3 is 0 Å². The molecule has 0 saturated carbocycles. The lowest BCUT2D eigenvalue weighted by molar-refractivity contribution is 0.227. The first-order valence-electron chi connectivity index (χ1n) is 12.5. The molecule has 0 bridgehead atoms. The Bertz CT molecular complexity index is 1320. The number of hydrogen-bond donors (Lipinski definition) is 1. The van der Waals surface area contributed by atoms with E-state index in [2.05, 4.69) is 50.4 Å². The van der Waals surface area contributed by atoms with Crippen LogP contribution in [0.1, 0.15) is 61.1 Å². The van der Waals surface area contributed by atoms with Crippen molar-refractivity contribution in [2.75, 3.05) is 13.1 Å². The average Bonchev–Trinajstić information content (AvgIpc) is 3.09. The number of benzene rings is 2. The van der Waals surface area contributed by atoms with Gasteiger partial charge in [-0.2, -0.15) is 5.10 Å². The van der Waals surface area contributed by atoms with Crippen molar-refractivity contribution in [2.24, 2.45) is 0 Å². The lowest BCUT2D eigenvalue weighted by Crippen LogP contribution is -2.23. The third-order valence-corrected chi connectivity index (χ3v) is 7.29. The predicted octanol–water partition coefficient (Wildman–Crippen LogP) is 7.95. The summed E-state index contributed by atoms with van der Waals surface area (Å²) in [7, 11) is 0. The van der Waals surface area contributed by atoms with Gasteiger partial charge in [-0.05, 0) is 68.3 Å². The van der Waals surface area contributed by atoms with E-state index in [1.54, 1.807) is 12.4 Å². The predicted molar refractivity (Wildman–Crippen MR) is 149 cm³/mol. The molecule has 5 nitrogen and oxygen atoms in total. The van der Waals surface area contributed by atoms with Crippen LogP contribution < -0.4 is 4.74 Å². The Hall–Kier alpha value is -2.86. The zero-order valence-electron chi connectivity index (χ0n) is 20.4. The van der Waals surface area contributed by atoms with E-state index in [4.69, 9.17) is 27.9 Å². The molecule has 0 radical (unpaired) electrons. The summed E-state index contributed by atoms with van der Waals surface area (Å²) in [6.45, 7) is 5.37. The number of H-pyrrole nitrogens is 1. The SMILES string of the molecule is CC(Oc1ccc2[nH]nc(/C=C/c3ccc(CN4CCCCCC4)cc3)c2c1)c1c(Cl)cncc1Cl. The van der Waals surface area contributed by atoms with Crippen LogP contribution in [-0.4, -0.2) is 33.2 Å². The van der Waals surface area contributed by atoms with Gasteiger partial charge in [0.2, 0.25) is 0 Å². The van der Waals surface area contributed by atoms with Crippen LogP contribution in [0.4, 0.5) is 0 Å². The van der Waals surface area contributed by atoms with E-state index < -0.39 is 0 Å². The molecule has 2 aromatic heterocycles. The van der Waals surface area contributed by atoms with E-state index in [-0.39, 0.29) is 6.10 Å². The van der Waals surface area contributed by atoms with E-state index in [1.165, 1.54) is 44.3 Å². The molecule has 1 unspecified atom stereocenters. The van der Waals surface area contributed by atoms with Gasteiger partial charge in [-0.25, -0.2) is 0 Å². The van der Waals surface area contributed by atoms with Crippen LogP contribution in [-0.2, 0) is 6.54 Å². The monoisotopic (exact) mass is 520 g/mol. The Morgan fingerprint density at radius 2 is 1.69 bits per heavy atom. The van der Waals surface area contributed by atoms with Crippen LogP contribution in [0.5, 0.6) is 5.75 Å². The minimum Gasteiger partial charge on any atom is -0.486 e. The molecule has 3 heterocycles. The topological polar surface area (TPSA) is 54.0 Å². The van der Waals surface area contributed by atoms with Crippen molar-refractivity contribution in [1.82, 2.24) is 20.1 Å². The summed E-state index contributed by atoms with van der Waals surface area (Å²) in [4.78, 5) is 6.59. The lowest BCUT2D eigenvalue weighted by Gasteiger charge is -2.19. The zero-order valence-corrected chi connectivity index (χ0v) is 21.9. The minimum absolute atomic E-state index is 0.329. The molecular formula is C29H30Cl2N4O. The smallest absolute Gasteiger partial charge is 0.124 e. The van der Waals surface area contributed by atoms with Gasteiger partial charge in [0.15, 0.2) is 0 Å². The Labute approximate surface area is 222 Å². The van der Waals surface area contributed by atoms with Gasteiger partial charge in [-0.3, -0.25) is 15.0 Å². The molecule has 1 fully saturated rings. The van der Waals surface area contributed by atoms with Crippen molar-refractivity contribution in [3.05, 3.63) is 87.3 Å². The van der Waals surface area contributed by atoms with Gasteiger partial charge < -0.3 is 4.74 Å². The summed E-state index contributed by atoms with van der Waals surface area (Å²) in [5.74, 6) is 0.716. The second kappa shape index (κ2) is 11.5. The normalized spacial score (nSPS) is 15.9. The first-order chi connectivity index (χ1) is 17.6. The molecule has 1 N–H and O–H groups in total. The van der Waals surface area contributed by atoms with Gasteiger partial charge in [0.25, 0.3) is 0 Å². The number of ether oxygens (including phenoxy) is 1. The Balaban J connectivity index is 1.28. The molecule has 1 aliphatic rings. The van der Waals surface area contributed by atoms with E-state index in [1.807, 2.05) is 31.2 Å². The number of rotatable bonds is 7. The maximum Gasteiger partial charge on any atom is 0.124 e. The highest BCUT2D eigenvalue weighted by molar-refractivity contribution is 6.35. The van der Waals surface area contributed by atoms with Crippen LogP contribution in [0, 0.1) is 0 Å². The fourth-order valence-corrected chi connectivity index (χ4v) is 5.42. The quantitative estimate of drug-likeness (QED) is 0.268. The third kappa shape index (κ3) is 5.92. The number of aromatic amines is 1. The Kier molecular flexibility index (Phi) is 7.90. The number of nitrogens with one attached hydrogen (secondary N) is 1. The van der Waals surface area contributed by atoms with Gasteiger partial charge in [0, 0.05) is 29.9 Å². The van der Waals surface area contributed by atoms with Gasteiger partial charge in [-0.1, -0.05) is 66.4 Å². The fourth-order valence-electron chi connectivity index (χ4n) is 4.75. The molecule has 1 aliphatic heterocycles. The molecule has 5 rings (SSSR count). The number of likely N-dealkylation sites (tertiary alicyclic amines) is 1. The van der Waals surface area contributed by atoms with Crippen molar-refractivity contribution in [1.29, 1.82) is 0 Å². The summed E-state index contributed by atoms with van der Waals surface area (Å²) >= 11 is 12.6. The first kappa shape index (κ1) is 24.8. The summed E-state index contributed by atoms with van der Waals surface area (Å²) in [5.41, 5.74) is 5.04. The van der Waals surface area contributed by atoms with Crippen LogP contribution in [0.25, 0.3) is 23.1 Å². The molecule has 0 aliphatic carbocycles. The van der Waals surface area contributed by atoms with Crippen molar-refractivity contribution < 1.29 is 4.74 Å². The summed E-state index contributed by atoms with van der Waals surface area (Å²) in [6, 6.07) is 14.7. The summed E-state index contributed by atoms with van der Waals surface area (Å²) in [6.07, 6.45) is 12.3. The van der Waals surface area contributed by atoms with Gasteiger partial charge in [0.1, 0.15) is 11.9 Å². The molecule has 4 aromatic rings.